The zero-order chi connectivity index (χ0) is 22.2. The maximum Gasteiger partial charge on any atom is 0.416 e. The van der Waals surface area contributed by atoms with Gasteiger partial charge in [0.05, 0.1) is 5.56 Å². The fraction of sp³-hybridized carbons (Fsp3) is 0.200. The summed E-state index contributed by atoms with van der Waals surface area (Å²) in [6.07, 6.45) is -1.48. The molecule has 0 amide bonds. The smallest absolute Gasteiger partial charge is 0.416 e. The number of nitrogens with zero attached hydrogens (tertiary/aromatic N) is 3. The van der Waals surface area contributed by atoms with Gasteiger partial charge in [0.2, 0.25) is 10.0 Å². The number of hydrogen-bond donors (Lipinski definition) is 0. The lowest BCUT2D eigenvalue weighted by atomic mass is 10.1. The molecule has 0 radical (unpaired) electrons. The third-order valence-corrected chi connectivity index (χ3v) is 7.51. The van der Waals surface area contributed by atoms with Crippen molar-refractivity contribution in [3.05, 3.63) is 60.4 Å². The Balaban J connectivity index is 1.71. The second kappa shape index (κ2) is 8.13. The van der Waals surface area contributed by atoms with Crippen LogP contribution in [0.4, 0.5) is 13.2 Å². The molecule has 2 aromatic carbocycles. The van der Waals surface area contributed by atoms with E-state index in [1.54, 1.807) is 12.1 Å². The fourth-order valence-electron chi connectivity index (χ4n) is 2.97. The second-order valence-corrected chi connectivity index (χ2v) is 9.75. The summed E-state index contributed by atoms with van der Waals surface area (Å²) in [5.74, 6) is 0.258. The molecule has 6 nitrogen and oxygen atoms in total. The van der Waals surface area contributed by atoms with Gasteiger partial charge in [0.25, 0.3) is 0 Å². The van der Waals surface area contributed by atoms with Crippen molar-refractivity contribution >= 4 is 21.8 Å². The normalized spacial score (nSPS) is 16.3. The molecule has 0 fully saturated rings. The molecule has 0 spiro atoms. The lowest BCUT2D eigenvalue weighted by Gasteiger charge is -2.14. The van der Waals surface area contributed by atoms with Gasteiger partial charge in [0.1, 0.15) is 28.0 Å². The van der Waals surface area contributed by atoms with E-state index in [0.717, 1.165) is 23.9 Å². The quantitative estimate of drug-likeness (QED) is 0.571. The first-order chi connectivity index (χ1) is 14.7. The molecule has 11 heteroatoms. The van der Waals surface area contributed by atoms with E-state index in [1.165, 1.54) is 41.9 Å². The van der Waals surface area contributed by atoms with Gasteiger partial charge in [0.15, 0.2) is 0 Å². The van der Waals surface area contributed by atoms with Crippen molar-refractivity contribution in [3.8, 4) is 17.0 Å². The molecule has 0 atom stereocenters. The second-order valence-electron chi connectivity index (χ2n) is 6.67. The van der Waals surface area contributed by atoms with Crippen molar-refractivity contribution in [2.24, 2.45) is 0 Å². The summed E-state index contributed by atoms with van der Waals surface area (Å²) < 4.78 is 70.8. The van der Waals surface area contributed by atoms with Crippen LogP contribution in [0.1, 0.15) is 5.56 Å². The van der Waals surface area contributed by atoms with Gasteiger partial charge in [0, 0.05) is 36.4 Å². The van der Waals surface area contributed by atoms with Gasteiger partial charge in [-0.2, -0.15) is 17.5 Å². The van der Waals surface area contributed by atoms with Gasteiger partial charge in [-0.25, -0.2) is 13.4 Å². The van der Waals surface area contributed by atoms with Crippen LogP contribution in [0.15, 0.2) is 69.7 Å². The molecule has 0 saturated carbocycles. The Kier molecular flexibility index (Phi) is 5.67. The number of alkyl halides is 3. The first kappa shape index (κ1) is 21.6. The van der Waals surface area contributed by atoms with E-state index in [0.29, 0.717) is 21.2 Å². The van der Waals surface area contributed by atoms with Crippen LogP contribution in [0.5, 0.6) is 5.75 Å². The molecule has 1 aromatic heterocycles. The Morgan fingerprint density at radius 3 is 2.48 bits per heavy atom. The lowest BCUT2D eigenvalue weighted by molar-refractivity contribution is -0.137. The number of sulfonamides is 1. The third-order valence-electron chi connectivity index (χ3n) is 4.63. The van der Waals surface area contributed by atoms with Gasteiger partial charge in [-0.05, 0) is 42.5 Å². The molecule has 0 saturated heterocycles. The first-order valence-corrected chi connectivity index (χ1v) is 11.3. The Bertz CT molecular complexity index is 1220. The molecule has 0 bridgehead atoms. The Hall–Kier alpha value is -2.63. The molecule has 0 unspecified atom stereocenters. The van der Waals surface area contributed by atoms with Gasteiger partial charge in [-0.3, -0.25) is 4.98 Å². The molecule has 31 heavy (non-hydrogen) atoms. The minimum absolute atomic E-state index is 0.0288. The third kappa shape index (κ3) is 4.39. The number of fused-ring (bicyclic) bond motifs is 1. The van der Waals surface area contributed by atoms with E-state index in [4.69, 9.17) is 4.74 Å². The van der Waals surface area contributed by atoms with Crippen LogP contribution in [-0.2, 0) is 16.2 Å². The standard InChI is InChI=1S/C20H16F3N3O3S2/c1-26-10-11-29-16-7-2-13(12-17(16)31(26,27)28)18-19(25-9-8-24-18)30-15-5-3-14(4-6-15)20(21,22)23/h2-9,12H,10-11H2,1H3. The molecule has 1 aliphatic rings. The highest BCUT2D eigenvalue weighted by Crippen LogP contribution is 2.38. The van der Waals surface area contributed by atoms with Gasteiger partial charge in [-0.1, -0.05) is 11.8 Å². The van der Waals surface area contributed by atoms with Crippen LogP contribution >= 0.6 is 11.8 Å². The monoisotopic (exact) mass is 467 g/mol. The van der Waals surface area contributed by atoms with Crippen molar-refractivity contribution in [1.82, 2.24) is 14.3 Å². The van der Waals surface area contributed by atoms with Crippen molar-refractivity contribution in [1.29, 1.82) is 0 Å². The molecule has 0 aliphatic carbocycles. The number of halogens is 3. The maximum atomic E-state index is 12.8. The maximum absolute atomic E-state index is 12.8. The molecule has 4 rings (SSSR count). The molecule has 0 N–H and O–H groups in total. The zero-order valence-corrected chi connectivity index (χ0v) is 17.8. The number of aromatic nitrogens is 2. The molecule has 1 aliphatic heterocycles. The van der Waals surface area contributed by atoms with E-state index in [-0.39, 0.29) is 23.8 Å². The van der Waals surface area contributed by atoms with Crippen LogP contribution < -0.4 is 4.74 Å². The number of rotatable bonds is 3. The summed E-state index contributed by atoms with van der Waals surface area (Å²) in [6.45, 7) is 0.467. The van der Waals surface area contributed by atoms with E-state index in [1.807, 2.05) is 0 Å². The number of hydrogen-bond acceptors (Lipinski definition) is 6. The van der Waals surface area contributed by atoms with Crippen molar-refractivity contribution in [2.75, 3.05) is 20.2 Å². The largest absolute Gasteiger partial charge is 0.491 e. The average molecular weight is 467 g/mol. The van der Waals surface area contributed by atoms with E-state index in [2.05, 4.69) is 9.97 Å². The highest BCUT2D eigenvalue weighted by atomic mass is 32.2. The van der Waals surface area contributed by atoms with E-state index in [9.17, 15) is 21.6 Å². The van der Waals surface area contributed by atoms with Crippen molar-refractivity contribution < 1.29 is 26.3 Å². The van der Waals surface area contributed by atoms with Crippen LogP contribution in [0.25, 0.3) is 11.3 Å². The molecule has 3 aromatic rings. The van der Waals surface area contributed by atoms with Crippen LogP contribution in [-0.4, -0.2) is 42.9 Å². The van der Waals surface area contributed by atoms with Gasteiger partial charge in [-0.15, -0.1) is 0 Å². The lowest BCUT2D eigenvalue weighted by Crippen LogP contribution is -2.28. The average Bonchev–Trinajstić information content (AvgIpc) is 2.84. The molecule has 2 heterocycles. The molecular formula is C20H16F3N3O3S2. The Labute approximate surface area is 181 Å². The van der Waals surface area contributed by atoms with E-state index >= 15 is 0 Å². The van der Waals surface area contributed by atoms with Crippen molar-refractivity contribution in [3.63, 3.8) is 0 Å². The summed E-state index contributed by atoms with van der Waals surface area (Å²) in [7, 11) is -2.25. The molecular weight excluding hydrogens is 451 g/mol. The van der Waals surface area contributed by atoms with Gasteiger partial charge < -0.3 is 4.74 Å². The Morgan fingerprint density at radius 2 is 1.77 bits per heavy atom. The summed E-state index contributed by atoms with van der Waals surface area (Å²) in [4.78, 5) is 9.19. The summed E-state index contributed by atoms with van der Waals surface area (Å²) in [5.41, 5.74) is 0.178. The van der Waals surface area contributed by atoms with Crippen LogP contribution in [0.2, 0.25) is 0 Å². The first-order valence-electron chi connectivity index (χ1n) is 9.06. The Morgan fingerprint density at radius 1 is 1.06 bits per heavy atom. The molecule has 162 valence electrons. The predicted molar refractivity (Wildman–Crippen MR) is 108 cm³/mol. The number of likely N-dealkylation sites (N-methyl/N-ethyl adjacent to an activating group) is 1. The number of ether oxygens (including phenoxy) is 1. The van der Waals surface area contributed by atoms with Crippen LogP contribution in [0, 0.1) is 0 Å². The van der Waals surface area contributed by atoms with Crippen LogP contribution in [0.3, 0.4) is 0 Å². The topological polar surface area (TPSA) is 72.4 Å². The fourth-order valence-corrected chi connectivity index (χ4v) is 5.15. The highest BCUT2D eigenvalue weighted by molar-refractivity contribution is 7.99. The summed E-state index contributed by atoms with van der Waals surface area (Å²) in [6, 6.07) is 9.45. The zero-order valence-electron chi connectivity index (χ0n) is 16.1. The summed E-state index contributed by atoms with van der Waals surface area (Å²) >= 11 is 1.14. The van der Waals surface area contributed by atoms with Crippen molar-refractivity contribution in [2.45, 2.75) is 21.0 Å². The van der Waals surface area contributed by atoms with Gasteiger partial charge >= 0.3 is 6.18 Å². The minimum Gasteiger partial charge on any atom is -0.491 e. The number of benzene rings is 2. The van der Waals surface area contributed by atoms with E-state index < -0.39 is 21.8 Å². The minimum atomic E-state index is -4.41. The highest BCUT2D eigenvalue weighted by Gasteiger charge is 2.30. The summed E-state index contributed by atoms with van der Waals surface area (Å²) in [5, 5.41) is 0.433. The SMILES string of the molecule is CN1CCOc2ccc(-c3nccnc3Sc3ccc(C(F)(F)F)cc3)cc2S1(=O)=O. The predicted octanol–water partition coefficient (Wildman–Crippen LogP) is 4.33.